The minimum atomic E-state index is -0.844. The number of aromatic nitrogens is 1. The predicted molar refractivity (Wildman–Crippen MR) is 75.7 cm³/mol. The van der Waals surface area contributed by atoms with Crippen molar-refractivity contribution in [3.05, 3.63) is 51.3 Å². The van der Waals surface area contributed by atoms with E-state index in [4.69, 9.17) is 17.3 Å². The second-order valence-electron chi connectivity index (χ2n) is 3.64. The second-order valence-corrected chi connectivity index (χ2v) is 4.90. The van der Waals surface area contributed by atoms with E-state index in [1.807, 2.05) is 0 Å². The smallest absolute Gasteiger partial charge is 0.258 e. The largest absolute Gasteiger partial charge is 0.381 e. The first-order chi connectivity index (χ1) is 8.99. The van der Waals surface area contributed by atoms with E-state index < -0.39 is 11.7 Å². The molecule has 0 spiro atoms. The summed E-state index contributed by atoms with van der Waals surface area (Å²) < 4.78 is 14.3. The van der Waals surface area contributed by atoms with Gasteiger partial charge in [-0.1, -0.05) is 11.6 Å². The van der Waals surface area contributed by atoms with Gasteiger partial charge in [-0.05, 0) is 40.2 Å². The molecule has 7 heteroatoms. The van der Waals surface area contributed by atoms with E-state index in [1.165, 1.54) is 12.3 Å². The third-order valence-corrected chi connectivity index (χ3v) is 3.57. The lowest BCUT2D eigenvalue weighted by atomic mass is 10.2. The Labute approximate surface area is 121 Å². The molecule has 98 valence electrons. The van der Waals surface area contributed by atoms with Gasteiger partial charge in [0.2, 0.25) is 0 Å². The summed E-state index contributed by atoms with van der Waals surface area (Å²) in [6.07, 6.45) is 1.27. The molecule has 0 saturated heterocycles. The quantitative estimate of drug-likeness (QED) is 0.876. The number of amides is 1. The summed E-state index contributed by atoms with van der Waals surface area (Å²) in [5.74, 6) is -1.78. The van der Waals surface area contributed by atoms with Crippen LogP contribution in [0.1, 0.15) is 10.4 Å². The Balaban J connectivity index is 2.26. The SMILES string of the molecule is Nc1nccc(C(=O)Nc2ccc(Br)c(Cl)c2)c1F. The number of hydrogen-bond acceptors (Lipinski definition) is 3. The summed E-state index contributed by atoms with van der Waals surface area (Å²) in [6, 6.07) is 6.11. The van der Waals surface area contributed by atoms with Gasteiger partial charge in [-0.25, -0.2) is 9.37 Å². The van der Waals surface area contributed by atoms with Crippen molar-refractivity contribution in [1.29, 1.82) is 0 Å². The normalized spacial score (nSPS) is 10.3. The Kier molecular flexibility index (Phi) is 4.01. The van der Waals surface area contributed by atoms with Crippen LogP contribution in [0.4, 0.5) is 15.9 Å². The number of carbonyl (C=O) groups excluding carboxylic acids is 1. The van der Waals surface area contributed by atoms with Crippen LogP contribution in [-0.4, -0.2) is 10.9 Å². The van der Waals surface area contributed by atoms with E-state index in [9.17, 15) is 9.18 Å². The van der Waals surface area contributed by atoms with Crippen molar-refractivity contribution in [2.45, 2.75) is 0 Å². The highest BCUT2D eigenvalue weighted by molar-refractivity contribution is 9.10. The molecule has 1 aromatic heterocycles. The summed E-state index contributed by atoms with van der Waals surface area (Å²) in [4.78, 5) is 15.4. The molecule has 3 N–H and O–H groups in total. The van der Waals surface area contributed by atoms with Gasteiger partial charge in [0.15, 0.2) is 11.6 Å². The number of nitrogens with zero attached hydrogens (tertiary/aromatic N) is 1. The van der Waals surface area contributed by atoms with Crippen molar-refractivity contribution in [2.75, 3.05) is 11.1 Å². The topological polar surface area (TPSA) is 68.0 Å². The minimum absolute atomic E-state index is 0.174. The number of hydrogen-bond donors (Lipinski definition) is 2. The number of halogens is 3. The van der Waals surface area contributed by atoms with Crippen LogP contribution in [0.25, 0.3) is 0 Å². The fourth-order valence-corrected chi connectivity index (χ4v) is 1.83. The molecule has 1 heterocycles. The number of benzene rings is 1. The Morgan fingerprint density at radius 3 is 2.84 bits per heavy atom. The van der Waals surface area contributed by atoms with Gasteiger partial charge in [-0.15, -0.1) is 0 Å². The van der Waals surface area contributed by atoms with Crippen molar-refractivity contribution < 1.29 is 9.18 Å². The van der Waals surface area contributed by atoms with Gasteiger partial charge in [0, 0.05) is 16.4 Å². The van der Waals surface area contributed by atoms with Crippen molar-refractivity contribution in [3.63, 3.8) is 0 Å². The molecule has 0 aliphatic carbocycles. The zero-order chi connectivity index (χ0) is 14.0. The van der Waals surface area contributed by atoms with Crippen molar-refractivity contribution >= 4 is 44.9 Å². The first-order valence-corrected chi connectivity index (χ1v) is 6.32. The molecule has 0 fully saturated rings. The van der Waals surface area contributed by atoms with Crippen LogP contribution in [0, 0.1) is 5.82 Å². The van der Waals surface area contributed by atoms with Crippen LogP contribution in [0.3, 0.4) is 0 Å². The van der Waals surface area contributed by atoms with Crippen molar-refractivity contribution in [2.24, 2.45) is 0 Å². The maximum Gasteiger partial charge on any atom is 0.258 e. The summed E-state index contributed by atoms with van der Waals surface area (Å²) in [5, 5.41) is 2.96. The second kappa shape index (κ2) is 5.54. The van der Waals surface area contributed by atoms with E-state index >= 15 is 0 Å². The third-order valence-electron chi connectivity index (χ3n) is 2.34. The van der Waals surface area contributed by atoms with Gasteiger partial charge >= 0.3 is 0 Å². The zero-order valence-corrected chi connectivity index (χ0v) is 11.8. The Bertz CT molecular complexity index is 651. The zero-order valence-electron chi connectivity index (χ0n) is 9.45. The lowest BCUT2D eigenvalue weighted by Crippen LogP contribution is -2.15. The van der Waals surface area contributed by atoms with Gasteiger partial charge in [0.25, 0.3) is 5.91 Å². The van der Waals surface area contributed by atoms with E-state index in [2.05, 4.69) is 26.2 Å². The first-order valence-electron chi connectivity index (χ1n) is 5.15. The minimum Gasteiger partial charge on any atom is -0.381 e. The van der Waals surface area contributed by atoms with E-state index in [-0.39, 0.29) is 11.4 Å². The molecule has 1 amide bonds. The molecule has 4 nitrogen and oxygen atoms in total. The predicted octanol–water partition coefficient (Wildman–Crippen LogP) is 3.47. The fourth-order valence-electron chi connectivity index (χ4n) is 1.41. The van der Waals surface area contributed by atoms with Gasteiger partial charge in [0.05, 0.1) is 10.6 Å². The van der Waals surface area contributed by atoms with E-state index in [0.29, 0.717) is 15.2 Å². The van der Waals surface area contributed by atoms with E-state index in [0.717, 1.165) is 0 Å². The molecule has 0 aliphatic rings. The molecule has 2 aromatic rings. The maximum atomic E-state index is 13.6. The van der Waals surface area contributed by atoms with Crippen LogP contribution >= 0.6 is 27.5 Å². The molecule has 19 heavy (non-hydrogen) atoms. The summed E-state index contributed by atoms with van der Waals surface area (Å²) in [5.41, 5.74) is 5.58. The molecule has 0 radical (unpaired) electrons. The van der Waals surface area contributed by atoms with Gasteiger partial charge in [0.1, 0.15) is 0 Å². The standard InChI is InChI=1S/C12H8BrClFN3O/c13-8-2-1-6(5-9(8)14)18-12(19)7-3-4-17-11(16)10(7)15/h1-5H,(H2,16,17)(H,18,19). The maximum absolute atomic E-state index is 13.6. The fraction of sp³-hybridized carbons (Fsp3) is 0. The number of carbonyl (C=O) groups is 1. The molecular weight excluding hydrogens is 337 g/mol. The molecule has 0 unspecified atom stereocenters. The molecule has 0 aliphatic heterocycles. The molecule has 0 bridgehead atoms. The Morgan fingerprint density at radius 2 is 2.16 bits per heavy atom. The number of nitrogen functional groups attached to an aromatic ring is 1. The van der Waals surface area contributed by atoms with Crippen LogP contribution in [0.2, 0.25) is 5.02 Å². The lowest BCUT2D eigenvalue weighted by molar-refractivity contribution is 0.102. The number of anilines is 2. The monoisotopic (exact) mass is 343 g/mol. The van der Waals surface area contributed by atoms with Crippen LogP contribution in [-0.2, 0) is 0 Å². The summed E-state index contributed by atoms with van der Waals surface area (Å²) in [7, 11) is 0. The molecule has 0 atom stereocenters. The molecular formula is C12H8BrClFN3O. The highest BCUT2D eigenvalue weighted by Crippen LogP contribution is 2.26. The van der Waals surface area contributed by atoms with Gasteiger partial charge < -0.3 is 11.1 Å². The Hall–Kier alpha value is -1.66. The number of pyridine rings is 1. The number of rotatable bonds is 2. The summed E-state index contributed by atoms with van der Waals surface area (Å²) in [6.45, 7) is 0. The third kappa shape index (κ3) is 3.02. The van der Waals surface area contributed by atoms with Crippen molar-refractivity contribution in [1.82, 2.24) is 4.98 Å². The lowest BCUT2D eigenvalue weighted by Gasteiger charge is -2.07. The highest BCUT2D eigenvalue weighted by Gasteiger charge is 2.15. The Morgan fingerprint density at radius 1 is 1.42 bits per heavy atom. The number of nitrogens with two attached hydrogens (primary N) is 1. The van der Waals surface area contributed by atoms with Gasteiger partial charge in [-0.2, -0.15) is 0 Å². The van der Waals surface area contributed by atoms with Crippen molar-refractivity contribution in [3.8, 4) is 0 Å². The molecule has 0 saturated carbocycles. The average molecular weight is 345 g/mol. The molecule has 2 rings (SSSR count). The molecule has 1 aromatic carbocycles. The van der Waals surface area contributed by atoms with E-state index in [1.54, 1.807) is 18.2 Å². The van der Waals surface area contributed by atoms with Crippen LogP contribution in [0.15, 0.2) is 34.9 Å². The average Bonchev–Trinajstić information content (AvgIpc) is 2.37. The van der Waals surface area contributed by atoms with Gasteiger partial charge in [-0.3, -0.25) is 4.79 Å². The highest BCUT2D eigenvalue weighted by atomic mass is 79.9. The number of nitrogens with one attached hydrogen (secondary N) is 1. The van der Waals surface area contributed by atoms with Crippen LogP contribution in [0.5, 0.6) is 0 Å². The van der Waals surface area contributed by atoms with Crippen LogP contribution < -0.4 is 11.1 Å². The first kappa shape index (κ1) is 13.8. The summed E-state index contributed by atoms with van der Waals surface area (Å²) >= 11 is 9.13.